The summed E-state index contributed by atoms with van der Waals surface area (Å²) in [7, 11) is 0. The molecule has 0 aliphatic carbocycles. The minimum absolute atomic E-state index is 0.155. The molecule has 2 aliphatic rings. The number of likely N-dealkylation sites (tertiary alicyclic amines) is 2. The van der Waals surface area contributed by atoms with Crippen LogP contribution in [0.2, 0.25) is 0 Å². The van der Waals surface area contributed by atoms with Crippen LogP contribution in [0.15, 0.2) is 24.3 Å². The van der Waals surface area contributed by atoms with E-state index in [1.807, 2.05) is 48.8 Å². The third-order valence-electron chi connectivity index (χ3n) is 6.57. The molecular formula is C25H32N4O2. The van der Waals surface area contributed by atoms with Crippen molar-refractivity contribution in [2.45, 2.75) is 58.8 Å². The Morgan fingerprint density at radius 1 is 0.935 bits per heavy atom. The van der Waals surface area contributed by atoms with Crippen molar-refractivity contribution in [3.63, 3.8) is 0 Å². The zero-order valence-electron chi connectivity index (χ0n) is 18.9. The summed E-state index contributed by atoms with van der Waals surface area (Å²) in [5.41, 5.74) is 4.96. The SMILES string of the molecule is Cc1cccc(CC(=O)N2CC[C@@H](c3nc(C)c(CC(=O)N4CCCC4)c(C)n3)C2)c1. The van der Waals surface area contributed by atoms with Gasteiger partial charge in [0.15, 0.2) is 0 Å². The van der Waals surface area contributed by atoms with Crippen LogP contribution in [0.4, 0.5) is 0 Å². The lowest BCUT2D eigenvalue weighted by Crippen LogP contribution is -2.30. The second kappa shape index (κ2) is 9.16. The lowest BCUT2D eigenvalue weighted by Gasteiger charge is -2.19. The van der Waals surface area contributed by atoms with Gasteiger partial charge in [0.05, 0.1) is 12.8 Å². The number of aromatic nitrogens is 2. The van der Waals surface area contributed by atoms with Crippen LogP contribution in [0, 0.1) is 20.8 Å². The molecule has 4 rings (SSSR count). The van der Waals surface area contributed by atoms with E-state index in [0.717, 1.165) is 67.2 Å². The van der Waals surface area contributed by atoms with Gasteiger partial charge >= 0.3 is 0 Å². The molecule has 1 aromatic heterocycles. The highest BCUT2D eigenvalue weighted by Gasteiger charge is 2.30. The second-order valence-electron chi connectivity index (χ2n) is 8.99. The molecule has 3 heterocycles. The number of hydrogen-bond donors (Lipinski definition) is 0. The number of hydrogen-bond acceptors (Lipinski definition) is 4. The third kappa shape index (κ3) is 4.94. The van der Waals surface area contributed by atoms with Crippen LogP contribution in [-0.2, 0) is 22.4 Å². The Hall–Kier alpha value is -2.76. The van der Waals surface area contributed by atoms with Gasteiger partial charge in [-0.05, 0) is 45.6 Å². The number of benzene rings is 1. The molecule has 164 valence electrons. The maximum atomic E-state index is 12.8. The van der Waals surface area contributed by atoms with Crippen LogP contribution in [0.5, 0.6) is 0 Å². The topological polar surface area (TPSA) is 66.4 Å². The van der Waals surface area contributed by atoms with Crippen molar-refractivity contribution in [3.8, 4) is 0 Å². The van der Waals surface area contributed by atoms with E-state index < -0.39 is 0 Å². The summed E-state index contributed by atoms with van der Waals surface area (Å²) in [5.74, 6) is 1.30. The van der Waals surface area contributed by atoms with Gasteiger partial charge in [-0.1, -0.05) is 29.8 Å². The summed E-state index contributed by atoms with van der Waals surface area (Å²) in [6.45, 7) is 9.13. The van der Waals surface area contributed by atoms with Gasteiger partial charge in [-0.15, -0.1) is 0 Å². The highest BCUT2D eigenvalue weighted by Crippen LogP contribution is 2.27. The molecule has 1 aromatic carbocycles. The molecule has 2 aromatic rings. The van der Waals surface area contributed by atoms with E-state index in [-0.39, 0.29) is 17.7 Å². The molecule has 1 atom stereocenters. The van der Waals surface area contributed by atoms with Crippen LogP contribution in [0.3, 0.4) is 0 Å². The van der Waals surface area contributed by atoms with E-state index in [2.05, 4.69) is 6.07 Å². The Morgan fingerprint density at radius 2 is 1.61 bits per heavy atom. The van der Waals surface area contributed by atoms with Crippen molar-refractivity contribution < 1.29 is 9.59 Å². The standard InChI is InChI=1S/C25H32N4O2/c1-17-7-6-8-20(13-17)14-23(30)29-12-9-21(16-29)25-26-18(2)22(19(3)27-25)15-24(31)28-10-4-5-11-28/h6-8,13,21H,4-5,9-12,14-16H2,1-3H3/t21-/m1/s1. The Bertz CT molecular complexity index is 958. The van der Waals surface area contributed by atoms with Crippen LogP contribution in [0.1, 0.15) is 59.1 Å². The molecule has 6 nitrogen and oxygen atoms in total. The number of carbonyl (C=O) groups excluding carboxylic acids is 2. The van der Waals surface area contributed by atoms with Gasteiger partial charge in [-0.2, -0.15) is 0 Å². The van der Waals surface area contributed by atoms with Gasteiger partial charge in [0, 0.05) is 49.0 Å². The number of rotatable bonds is 5. The first kappa shape index (κ1) is 21.5. The van der Waals surface area contributed by atoms with Crippen LogP contribution >= 0.6 is 0 Å². The quantitative estimate of drug-likeness (QED) is 0.745. The van der Waals surface area contributed by atoms with Gasteiger partial charge in [-0.3, -0.25) is 9.59 Å². The first-order valence-electron chi connectivity index (χ1n) is 11.4. The Labute approximate surface area is 184 Å². The van der Waals surface area contributed by atoms with Crippen LogP contribution in [0.25, 0.3) is 0 Å². The first-order valence-corrected chi connectivity index (χ1v) is 11.4. The van der Waals surface area contributed by atoms with E-state index in [1.165, 1.54) is 5.56 Å². The monoisotopic (exact) mass is 420 g/mol. The molecule has 2 aliphatic heterocycles. The highest BCUT2D eigenvalue weighted by molar-refractivity contribution is 5.80. The zero-order valence-corrected chi connectivity index (χ0v) is 18.9. The van der Waals surface area contributed by atoms with Crippen molar-refractivity contribution in [1.82, 2.24) is 19.8 Å². The van der Waals surface area contributed by atoms with Gasteiger partial charge in [0.2, 0.25) is 11.8 Å². The average molecular weight is 421 g/mol. The van der Waals surface area contributed by atoms with E-state index in [1.54, 1.807) is 0 Å². The lowest BCUT2D eigenvalue weighted by atomic mass is 10.0. The largest absolute Gasteiger partial charge is 0.342 e. The Morgan fingerprint density at radius 3 is 2.29 bits per heavy atom. The van der Waals surface area contributed by atoms with Gasteiger partial charge in [-0.25, -0.2) is 9.97 Å². The molecule has 0 saturated carbocycles. The fourth-order valence-electron chi connectivity index (χ4n) is 4.74. The minimum Gasteiger partial charge on any atom is -0.342 e. The van der Waals surface area contributed by atoms with E-state index in [4.69, 9.17) is 9.97 Å². The Kier molecular flexibility index (Phi) is 6.35. The molecule has 0 radical (unpaired) electrons. The van der Waals surface area contributed by atoms with Crippen molar-refractivity contribution in [2.24, 2.45) is 0 Å². The lowest BCUT2D eigenvalue weighted by molar-refractivity contribution is -0.130. The van der Waals surface area contributed by atoms with Crippen molar-refractivity contribution in [2.75, 3.05) is 26.2 Å². The predicted molar refractivity (Wildman–Crippen MR) is 120 cm³/mol. The molecule has 31 heavy (non-hydrogen) atoms. The summed E-state index contributed by atoms with van der Waals surface area (Å²) in [6, 6.07) is 8.13. The first-order chi connectivity index (χ1) is 14.9. The molecule has 2 saturated heterocycles. The molecule has 0 bridgehead atoms. The van der Waals surface area contributed by atoms with Crippen molar-refractivity contribution >= 4 is 11.8 Å². The summed E-state index contributed by atoms with van der Waals surface area (Å²) in [4.78, 5) is 38.8. The van der Waals surface area contributed by atoms with Gasteiger partial charge < -0.3 is 9.80 Å². The number of aryl methyl sites for hydroxylation is 3. The van der Waals surface area contributed by atoms with Crippen molar-refractivity contribution in [3.05, 3.63) is 58.2 Å². The summed E-state index contributed by atoms with van der Waals surface area (Å²) >= 11 is 0. The van der Waals surface area contributed by atoms with Crippen molar-refractivity contribution in [1.29, 1.82) is 0 Å². The molecule has 0 unspecified atom stereocenters. The zero-order chi connectivity index (χ0) is 22.0. The number of carbonyl (C=O) groups is 2. The summed E-state index contributed by atoms with van der Waals surface area (Å²) in [6.07, 6.45) is 3.89. The van der Waals surface area contributed by atoms with Gasteiger partial charge in [0.1, 0.15) is 5.82 Å². The maximum Gasteiger partial charge on any atom is 0.227 e. The Balaban J connectivity index is 1.40. The number of amides is 2. The van der Waals surface area contributed by atoms with E-state index in [9.17, 15) is 9.59 Å². The van der Waals surface area contributed by atoms with Crippen LogP contribution < -0.4 is 0 Å². The molecule has 6 heteroatoms. The predicted octanol–water partition coefficient (Wildman–Crippen LogP) is 3.13. The summed E-state index contributed by atoms with van der Waals surface area (Å²) in [5, 5.41) is 0. The maximum absolute atomic E-state index is 12.8. The average Bonchev–Trinajstić information content (AvgIpc) is 3.43. The summed E-state index contributed by atoms with van der Waals surface area (Å²) < 4.78 is 0. The third-order valence-corrected chi connectivity index (χ3v) is 6.57. The van der Waals surface area contributed by atoms with E-state index >= 15 is 0 Å². The minimum atomic E-state index is 0.155. The molecular weight excluding hydrogens is 388 g/mol. The fourth-order valence-corrected chi connectivity index (χ4v) is 4.74. The molecule has 0 N–H and O–H groups in total. The second-order valence-corrected chi connectivity index (χ2v) is 8.99. The molecule has 2 fully saturated rings. The molecule has 2 amide bonds. The smallest absolute Gasteiger partial charge is 0.227 e. The fraction of sp³-hybridized carbons (Fsp3) is 0.520. The molecule has 0 spiro atoms. The normalized spacial score (nSPS) is 18.6. The number of nitrogens with zero attached hydrogens (tertiary/aromatic N) is 4. The van der Waals surface area contributed by atoms with E-state index in [0.29, 0.717) is 19.4 Å². The van der Waals surface area contributed by atoms with Gasteiger partial charge in [0.25, 0.3) is 0 Å². The van der Waals surface area contributed by atoms with Crippen LogP contribution in [-0.4, -0.2) is 57.8 Å². The highest BCUT2D eigenvalue weighted by atomic mass is 16.2.